The van der Waals surface area contributed by atoms with Crippen molar-refractivity contribution in [2.24, 2.45) is 4.99 Å². The van der Waals surface area contributed by atoms with E-state index in [-0.39, 0.29) is 0 Å². The predicted molar refractivity (Wildman–Crippen MR) is 108 cm³/mol. The summed E-state index contributed by atoms with van der Waals surface area (Å²) in [6, 6.07) is 9.73. The van der Waals surface area contributed by atoms with E-state index in [9.17, 15) is 0 Å². The van der Waals surface area contributed by atoms with Crippen LogP contribution in [-0.2, 0) is 6.54 Å². The van der Waals surface area contributed by atoms with Crippen molar-refractivity contribution in [1.29, 1.82) is 0 Å². The van der Waals surface area contributed by atoms with Crippen molar-refractivity contribution in [3.05, 3.63) is 41.5 Å². The summed E-state index contributed by atoms with van der Waals surface area (Å²) in [4.78, 5) is 4.27. The van der Waals surface area contributed by atoms with Gasteiger partial charge in [-0.3, -0.25) is 4.99 Å². The fourth-order valence-corrected chi connectivity index (χ4v) is 2.70. The average Bonchev–Trinajstić information content (AvgIpc) is 2.69. The topological polar surface area (TPSA) is 73.3 Å². The van der Waals surface area contributed by atoms with Gasteiger partial charge in [0.2, 0.25) is 5.75 Å². The molecule has 0 aromatic heterocycles. The number of hydrogen-bond acceptors (Lipinski definition) is 5. The lowest BCUT2D eigenvalue weighted by molar-refractivity contribution is 0.324. The third-order valence-corrected chi connectivity index (χ3v) is 3.96. The van der Waals surface area contributed by atoms with Crippen LogP contribution in [0.2, 0.25) is 0 Å². The molecule has 0 aliphatic heterocycles. The van der Waals surface area contributed by atoms with E-state index >= 15 is 0 Å². The van der Waals surface area contributed by atoms with Crippen LogP contribution in [0.1, 0.15) is 11.1 Å². The van der Waals surface area contributed by atoms with E-state index in [0.29, 0.717) is 29.8 Å². The number of hydrogen-bond donors (Lipinski definition) is 2. The third kappa shape index (κ3) is 5.20. The Balaban J connectivity index is 2.14. The molecular weight excluding hydrogens is 346 g/mol. The smallest absolute Gasteiger partial charge is 0.203 e. The molecule has 0 amide bonds. The van der Waals surface area contributed by atoms with E-state index in [0.717, 1.165) is 22.6 Å². The second-order valence-corrected chi connectivity index (χ2v) is 5.82. The summed E-state index contributed by atoms with van der Waals surface area (Å²) >= 11 is 0. The van der Waals surface area contributed by atoms with Gasteiger partial charge in [0, 0.05) is 31.4 Å². The summed E-state index contributed by atoms with van der Waals surface area (Å²) in [5.74, 6) is 3.13. The van der Waals surface area contributed by atoms with Crippen molar-refractivity contribution in [1.82, 2.24) is 5.32 Å². The molecule has 27 heavy (non-hydrogen) atoms. The Morgan fingerprint density at radius 3 is 2.07 bits per heavy atom. The van der Waals surface area contributed by atoms with E-state index in [1.54, 1.807) is 35.5 Å². The first-order valence-corrected chi connectivity index (χ1v) is 8.46. The largest absolute Gasteiger partial charge is 0.497 e. The maximum absolute atomic E-state index is 5.38. The molecule has 0 bridgehead atoms. The highest BCUT2D eigenvalue weighted by Crippen LogP contribution is 2.39. The normalized spacial score (nSPS) is 11.0. The number of nitrogens with zero attached hydrogens (tertiary/aromatic N) is 1. The van der Waals surface area contributed by atoms with Gasteiger partial charge in [0.25, 0.3) is 0 Å². The Labute approximate surface area is 160 Å². The maximum Gasteiger partial charge on any atom is 0.203 e. The van der Waals surface area contributed by atoms with Gasteiger partial charge in [-0.05, 0) is 30.2 Å². The number of aryl methyl sites for hydroxylation is 1. The van der Waals surface area contributed by atoms with Crippen molar-refractivity contribution in [2.45, 2.75) is 13.5 Å². The zero-order chi connectivity index (χ0) is 19.8. The predicted octanol–water partition coefficient (Wildman–Crippen LogP) is 3.22. The van der Waals surface area contributed by atoms with Gasteiger partial charge in [-0.25, -0.2) is 0 Å². The highest BCUT2D eigenvalue weighted by atomic mass is 16.5. The minimum Gasteiger partial charge on any atom is -0.497 e. The molecule has 0 fully saturated rings. The lowest BCUT2D eigenvalue weighted by Crippen LogP contribution is -2.30. The van der Waals surface area contributed by atoms with Crippen molar-refractivity contribution in [3.8, 4) is 23.0 Å². The van der Waals surface area contributed by atoms with Crippen molar-refractivity contribution >= 4 is 11.6 Å². The molecule has 7 heteroatoms. The molecule has 146 valence electrons. The molecule has 2 aromatic carbocycles. The number of aliphatic imine (C=N–C) groups is 1. The molecule has 0 aliphatic carbocycles. The van der Waals surface area contributed by atoms with Gasteiger partial charge in [0.05, 0.1) is 28.4 Å². The fourth-order valence-electron chi connectivity index (χ4n) is 2.70. The van der Waals surface area contributed by atoms with Crippen LogP contribution in [-0.4, -0.2) is 41.4 Å². The van der Waals surface area contributed by atoms with Crippen LogP contribution in [0, 0.1) is 6.92 Å². The molecule has 2 aromatic rings. The van der Waals surface area contributed by atoms with E-state index in [1.165, 1.54) is 0 Å². The summed E-state index contributed by atoms with van der Waals surface area (Å²) in [7, 11) is 8.11. The Kier molecular flexibility index (Phi) is 7.16. The molecule has 7 nitrogen and oxygen atoms in total. The Morgan fingerprint density at radius 2 is 1.56 bits per heavy atom. The number of rotatable bonds is 7. The highest BCUT2D eigenvalue weighted by molar-refractivity contribution is 5.94. The third-order valence-electron chi connectivity index (χ3n) is 3.96. The van der Waals surface area contributed by atoms with Gasteiger partial charge in [-0.1, -0.05) is 6.07 Å². The number of guanidine groups is 1. The minimum absolute atomic E-state index is 0.542. The molecule has 0 saturated carbocycles. The first-order valence-electron chi connectivity index (χ1n) is 8.46. The van der Waals surface area contributed by atoms with E-state index in [1.807, 2.05) is 31.2 Å². The Hall–Kier alpha value is -3.09. The average molecular weight is 373 g/mol. The van der Waals surface area contributed by atoms with Crippen molar-refractivity contribution < 1.29 is 18.9 Å². The first kappa shape index (κ1) is 20.2. The van der Waals surface area contributed by atoms with Gasteiger partial charge < -0.3 is 29.6 Å². The lowest BCUT2D eigenvalue weighted by atomic mass is 10.1. The SMILES string of the molecule is CN=C(NCc1cc(C)cc(OC)c1)Nc1cc(OC)c(OC)c(OC)c1. The second kappa shape index (κ2) is 9.56. The van der Waals surface area contributed by atoms with Gasteiger partial charge in [-0.2, -0.15) is 0 Å². The summed E-state index contributed by atoms with van der Waals surface area (Å²) in [6.45, 7) is 2.64. The fraction of sp³-hybridized carbons (Fsp3) is 0.350. The number of nitrogens with one attached hydrogen (secondary N) is 2. The van der Waals surface area contributed by atoms with Crippen LogP contribution >= 0.6 is 0 Å². The van der Waals surface area contributed by atoms with E-state index < -0.39 is 0 Å². The van der Waals surface area contributed by atoms with Gasteiger partial charge in [0.15, 0.2) is 17.5 Å². The second-order valence-electron chi connectivity index (χ2n) is 5.82. The Bertz CT molecular complexity index is 781. The zero-order valence-electron chi connectivity index (χ0n) is 16.7. The molecule has 0 heterocycles. The summed E-state index contributed by atoms with van der Waals surface area (Å²) in [6.07, 6.45) is 0. The standard InChI is InChI=1S/C20H27N3O4/c1-13-7-14(9-16(8-13)24-3)12-22-20(21-2)23-15-10-17(25-4)19(27-6)18(11-15)26-5/h7-11H,12H2,1-6H3,(H2,21,22,23). The van der Waals surface area contributed by atoms with Crippen LogP contribution in [0.5, 0.6) is 23.0 Å². The Morgan fingerprint density at radius 1 is 0.889 bits per heavy atom. The molecule has 0 unspecified atom stereocenters. The van der Waals surface area contributed by atoms with Crippen LogP contribution in [0.15, 0.2) is 35.3 Å². The number of methoxy groups -OCH3 is 4. The highest BCUT2D eigenvalue weighted by Gasteiger charge is 2.14. The maximum atomic E-state index is 5.38. The summed E-state index contributed by atoms with van der Waals surface area (Å²) < 4.78 is 21.4. The van der Waals surface area contributed by atoms with E-state index in [2.05, 4.69) is 21.7 Å². The molecule has 0 aliphatic rings. The zero-order valence-corrected chi connectivity index (χ0v) is 16.7. The lowest BCUT2D eigenvalue weighted by Gasteiger charge is -2.17. The van der Waals surface area contributed by atoms with E-state index in [4.69, 9.17) is 18.9 Å². The monoisotopic (exact) mass is 373 g/mol. The van der Waals surface area contributed by atoms with Crippen LogP contribution in [0.25, 0.3) is 0 Å². The molecule has 0 spiro atoms. The minimum atomic E-state index is 0.542. The summed E-state index contributed by atoms with van der Waals surface area (Å²) in [5.41, 5.74) is 3.00. The van der Waals surface area contributed by atoms with Crippen LogP contribution in [0.4, 0.5) is 5.69 Å². The quantitative estimate of drug-likeness (QED) is 0.573. The van der Waals surface area contributed by atoms with Gasteiger partial charge >= 0.3 is 0 Å². The van der Waals surface area contributed by atoms with Gasteiger partial charge in [0.1, 0.15) is 5.75 Å². The van der Waals surface area contributed by atoms with Gasteiger partial charge in [-0.15, -0.1) is 0 Å². The summed E-state index contributed by atoms with van der Waals surface area (Å²) in [5, 5.41) is 6.52. The molecule has 2 N–H and O–H groups in total. The molecular formula is C20H27N3O4. The van der Waals surface area contributed by atoms with Crippen molar-refractivity contribution in [3.63, 3.8) is 0 Å². The van der Waals surface area contributed by atoms with Crippen LogP contribution in [0.3, 0.4) is 0 Å². The van der Waals surface area contributed by atoms with Crippen molar-refractivity contribution in [2.75, 3.05) is 40.8 Å². The molecule has 0 atom stereocenters. The number of ether oxygens (including phenoxy) is 4. The molecule has 0 radical (unpaired) electrons. The number of benzene rings is 2. The molecule has 2 rings (SSSR count). The number of anilines is 1. The molecule has 0 saturated heterocycles. The first-order chi connectivity index (χ1) is 13.0. The van der Waals surface area contributed by atoms with Crippen LogP contribution < -0.4 is 29.6 Å².